The van der Waals surface area contributed by atoms with Crippen LogP contribution in [-0.2, 0) is 0 Å². The van der Waals surface area contributed by atoms with Gasteiger partial charge in [0.2, 0.25) is 0 Å². The highest BCUT2D eigenvalue weighted by molar-refractivity contribution is 5.94. The van der Waals surface area contributed by atoms with Crippen LogP contribution in [0.3, 0.4) is 0 Å². The number of nitrogens with zero attached hydrogens (tertiary/aromatic N) is 4. The van der Waals surface area contributed by atoms with E-state index in [1.807, 2.05) is 12.1 Å². The normalized spacial score (nSPS) is 18.9. The average molecular weight is 380 g/mol. The maximum atomic E-state index is 13.2. The van der Waals surface area contributed by atoms with Gasteiger partial charge in [-0.3, -0.25) is 14.8 Å². The summed E-state index contributed by atoms with van der Waals surface area (Å²) in [6.45, 7) is 1.31. The van der Waals surface area contributed by atoms with Gasteiger partial charge in [0.05, 0.1) is 6.04 Å². The molecule has 8 heteroatoms. The minimum absolute atomic E-state index is 0.0203. The minimum atomic E-state index is -0.256. The van der Waals surface area contributed by atoms with E-state index in [2.05, 4.69) is 21.0 Å². The summed E-state index contributed by atoms with van der Waals surface area (Å²) in [5.74, 6) is -0.121. The predicted octanol–water partition coefficient (Wildman–Crippen LogP) is 1.94. The molecule has 1 saturated heterocycles. The van der Waals surface area contributed by atoms with Crippen molar-refractivity contribution < 1.29 is 9.18 Å². The first kappa shape index (κ1) is 18.3. The number of carbonyl (C=O) groups excluding carboxylic acids is 1. The zero-order valence-corrected chi connectivity index (χ0v) is 15.4. The summed E-state index contributed by atoms with van der Waals surface area (Å²) >= 11 is 0. The van der Waals surface area contributed by atoms with Crippen molar-refractivity contribution in [2.45, 2.75) is 6.04 Å². The van der Waals surface area contributed by atoms with Crippen LogP contribution in [0.1, 0.15) is 22.0 Å². The molecule has 28 heavy (non-hydrogen) atoms. The summed E-state index contributed by atoms with van der Waals surface area (Å²) < 4.78 is 15.0. The summed E-state index contributed by atoms with van der Waals surface area (Å²) in [5, 5.41) is 7.57. The molecule has 0 radical (unpaired) electrons. The lowest BCUT2D eigenvalue weighted by atomic mass is 9.94. The fourth-order valence-corrected chi connectivity index (χ4v) is 3.50. The number of rotatable bonds is 5. The van der Waals surface area contributed by atoms with Gasteiger partial charge in [-0.05, 0) is 42.0 Å². The Labute approximate surface area is 162 Å². The second-order valence-corrected chi connectivity index (χ2v) is 6.92. The van der Waals surface area contributed by atoms with Gasteiger partial charge >= 0.3 is 0 Å². The molecule has 0 aliphatic carbocycles. The number of amides is 1. The summed E-state index contributed by atoms with van der Waals surface area (Å²) in [4.78, 5) is 14.5. The Morgan fingerprint density at radius 1 is 1.14 bits per heavy atom. The number of aromatic nitrogens is 3. The van der Waals surface area contributed by atoms with Crippen LogP contribution in [0.4, 0.5) is 4.39 Å². The Balaban J connectivity index is 1.43. The molecule has 7 nitrogen and oxygen atoms in total. The van der Waals surface area contributed by atoms with Gasteiger partial charge < -0.3 is 4.90 Å². The van der Waals surface area contributed by atoms with E-state index < -0.39 is 0 Å². The highest BCUT2D eigenvalue weighted by Crippen LogP contribution is 2.26. The molecule has 144 valence electrons. The van der Waals surface area contributed by atoms with E-state index in [0.717, 1.165) is 17.8 Å². The zero-order valence-electron chi connectivity index (χ0n) is 15.4. The number of hydrazine groups is 1. The Bertz CT molecular complexity index is 926. The van der Waals surface area contributed by atoms with Gasteiger partial charge in [-0.2, -0.15) is 0 Å². The minimum Gasteiger partial charge on any atom is -0.341 e. The van der Waals surface area contributed by atoms with Crippen LogP contribution in [0.2, 0.25) is 0 Å². The maximum absolute atomic E-state index is 13.2. The number of carbonyl (C=O) groups is 1. The quantitative estimate of drug-likeness (QED) is 0.708. The third-order valence-corrected chi connectivity index (χ3v) is 5.01. The first-order chi connectivity index (χ1) is 13.6. The summed E-state index contributed by atoms with van der Waals surface area (Å²) in [5.41, 5.74) is 8.88. The lowest BCUT2D eigenvalue weighted by Gasteiger charge is -2.25. The zero-order chi connectivity index (χ0) is 19.5. The number of benzene rings is 2. The second-order valence-electron chi connectivity index (χ2n) is 6.92. The van der Waals surface area contributed by atoms with Crippen molar-refractivity contribution in [3.05, 3.63) is 78.1 Å². The summed E-state index contributed by atoms with van der Waals surface area (Å²) in [6, 6.07) is 13.8. The molecule has 1 aliphatic heterocycles. The Morgan fingerprint density at radius 3 is 2.50 bits per heavy atom. The molecule has 2 atom stereocenters. The van der Waals surface area contributed by atoms with Crippen LogP contribution < -0.4 is 10.9 Å². The lowest BCUT2D eigenvalue weighted by Crippen LogP contribution is -2.34. The summed E-state index contributed by atoms with van der Waals surface area (Å²) in [6.07, 6.45) is 3.22. The van der Waals surface area contributed by atoms with Crippen molar-refractivity contribution in [3.8, 4) is 5.69 Å². The van der Waals surface area contributed by atoms with Crippen molar-refractivity contribution in [3.63, 3.8) is 0 Å². The van der Waals surface area contributed by atoms with Crippen LogP contribution in [0, 0.1) is 11.7 Å². The van der Waals surface area contributed by atoms with E-state index >= 15 is 0 Å². The lowest BCUT2D eigenvalue weighted by molar-refractivity contribution is 0.0771. The van der Waals surface area contributed by atoms with Crippen LogP contribution in [0.5, 0.6) is 0 Å². The highest BCUT2D eigenvalue weighted by Gasteiger charge is 2.30. The van der Waals surface area contributed by atoms with Gasteiger partial charge in [-0.25, -0.2) is 9.82 Å². The van der Waals surface area contributed by atoms with Crippen LogP contribution in [-0.4, -0.2) is 45.7 Å². The predicted molar refractivity (Wildman–Crippen MR) is 102 cm³/mol. The topological polar surface area (TPSA) is 75.1 Å². The highest BCUT2D eigenvalue weighted by atomic mass is 19.1. The Kier molecular flexibility index (Phi) is 5.14. The number of nitrogens with one attached hydrogen (secondary N) is 2. The molecular weight excluding hydrogens is 359 g/mol. The number of halogens is 1. The molecular formula is C20H21FN6O. The molecule has 1 amide bonds. The first-order valence-corrected chi connectivity index (χ1v) is 9.06. The summed E-state index contributed by atoms with van der Waals surface area (Å²) in [7, 11) is 1.80. The fraction of sp³-hybridized carbons (Fsp3) is 0.250. The molecule has 4 rings (SSSR count). The van der Waals surface area contributed by atoms with Gasteiger partial charge in [0.15, 0.2) is 0 Å². The maximum Gasteiger partial charge on any atom is 0.253 e. The largest absolute Gasteiger partial charge is 0.341 e. The fourth-order valence-electron chi connectivity index (χ4n) is 3.50. The molecule has 0 bridgehead atoms. The van der Waals surface area contributed by atoms with Crippen LogP contribution >= 0.6 is 0 Å². The molecule has 1 fully saturated rings. The molecule has 1 aromatic heterocycles. The van der Waals surface area contributed by atoms with Gasteiger partial charge in [0, 0.05) is 37.3 Å². The molecule has 3 aromatic rings. The van der Waals surface area contributed by atoms with Crippen molar-refractivity contribution in [2.75, 3.05) is 20.1 Å². The molecule has 2 aromatic carbocycles. The third-order valence-electron chi connectivity index (χ3n) is 5.01. The van der Waals surface area contributed by atoms with Crippen molar-refractivity contribution in [1.82, 2.24) is 30.5 Å². The van der Waals surface area contributed by atoms with E-state index in [-0.39, 0.29) is 23.7 Å². The van der Waals surface area contributed by atoms with Gasteiger partial charge in [0.1, 0.15) is 18.5 Å². The van der Waals surface area contributed by atoms with E-state index in [4.69, 9.17) is 0 Å². The standard InChI is InChI=1S/C20H21FN6O/c1-26(11-16-10-22-25-19(16)14-2-6-17(21)7-3-14)20(28)15-4-8-18(9-5-15)27-12-23-24-13-27/h2-9,12-13,16,19,22,25H,10-11H2,1H3. The Morgan fingerprint density at radius 2 is 1.82 bits per heavy atom. The van der Waals surface area contributed by atoms with Gasteiger partial charge in [0.25, 0.3) is 5.91 Å². The number of hydrogen-bond acceptors (Lipinski definition) is 5. The van der Waals surface area contributed by atoms with E-state index in [1.165, 1.54) is 12.1 Å². The number of hydrogen-bond donors (Lipinski definition) is 2. The van der Waals surface area contributed by atoms with Crippen molar-refractivity contribution >= 4 is 5.91 Å². The molecule has 2 unspecified atom stereocenters. The molecule has 0 spiro atoms. The first-order valence-electron chi connectivity index (χ1n) is 9.06. The van der Waals surface area contributed by atoms with E-state index in [0.29, 0.717) is 12.1 Å². The third kappa shape index (κ3) is 3.78. The van der Waals surface area contributed by atoms with Crippen molar-refractivity contribution in [2.24, 2.45) is 5.92 Å². The van der Waals surface area contributed by atoms with E-state index in [9.17, 15) is 9.18 Å². The smallest absolute Gasteiger partial charge is 0.253 e. The van der Waals surface area contributed by atoms with Crippen LogP contribution in [0.15, 0.2) is 61.2 Å². The second kappa shape index (κ2) is 7.87. The monoisotopic (exact) mass is 380 g/mol. The Hall–Kier alpha value is -3.10. The van der Waals surface area contributed by atoms with Gasteiger partial charge in [-0.15, -0.1) is 10.2 Å². The SMILES string of the molecule is CN(CC1CNNC1c1ccc(F)cc1)C(=O)c1ccc(-n2cnnc2)cc1. The van der Waals surface area contributed by atoms with Crippen molar-refractivity contribution in [1.29, 1.82) is 0 Å². The van der Waals surface area contributed by atoms with Gasteiger partial charge in [-0.1, -0.05) is 12.1 Å². The molecule has 2 N–H and O–H groups in total. The van der Waals surface area contributed by atoms with E-state index in [1.54, 1.807) is 53.4 Å². The molecule has 0 saturated carbocycles. The molecule has 1 aliphatic rings. The molecule has 2 heterocycles. The average Bonchev–Trinajstić information content (AvgIpc) is 3.40. The van der Waals surface area contributed by atoms with Crippen LogP contribution in [0.25, 0.3) is 5.69 Å².